The minimum Gasteiger partial charge on any atom is -0.464 e. The van der Waals surface area contributed by atoms with Gasteiger partial charge in [0.05, 0.1) is 43.5 Å². The number of rotatable bonds is 13. The fourth-order valence-corrected chi connectivity index (χ4v) is 4.31. The Balaban J connectivity index is 1.52. The summed E-state index contributed by atoms with van der Waals surface area (Å²) in [6, 6.07) is 24.5. The zero-order valence-electron chi connectivity index (χ0n) is 22.9. The molecule has 1 aromatic heterocycles. The van der Waals surface area contributed by atoms with E-state index in [4.69, 9.17) is 13.9 Å². The van der Waals surface area contributed by atoms with E-state index >= 15 is 0 Å². The van der Waals surface area contributed by atoms with Crippen molar-refractivity contribution in [2.75, 3.05) is 33.4 Å². The first-order chi connectivity index (χ1) is 19.4. The van der Waals surface area contributed by atoms with Crippen LogP contribution >= 0.6 is 0 Å². The summed E-state index contributed by atoms with van der Waals surface area (Å²) >= 11 is 0. The minimum absolute atomic E-state index is 0.0385. The second-order valence-corrected chi connectivity index (χ2v) is 9.61. The van der Waals surface area contributed by atoms with E-state index in [1.807, 2.05) is 73.7 Å². The Hall–Kier alpha value is -4.27. The fraction of sp³-hybridized carbons (Fsp3) is 0.281. The molecule has 4 aromatic rings. The van der Waals surface area contributed by atoms with Crippen molar-refractivity contribution in [3.63, 3.8) is 0 Å². The third kappa shape index (κ3) is 7.88. The number of hydrogen-bond donors (Lipinski definition) is 0. The average Bonchev–Trinajstić information content (AvgIpc) is 2.97. The van der Waals surface area contributed by atoms with Crippen LogP contribution in [0.3, 0.4) is 0 Å². The number of hydrogen-bond acceptors (Lipinski definition) is 6. The Morgan fingerprint density at radius 1 is 0.850 bits per heavy atom. The van der Waals surface area contributed by atoms with Crippen LogP contribution in [0.5, 0.6) is 0 Å². The van der Waals surface area contributed by atoms with Gasteiger partial charge in [-0.15, -0.1) is 0 Å². The molecule has 0 saturated carbocycles. The van der Waals surface area contributed by atoms with Crippen molar-refractivity contribution >= 4 is 22.8 Å². The largest absolute Gasteiger partial charge is 0.464 e. The highest BCUT2D eigenvalue weighted by atomic mass is 16.5. The van der Waals surface area contributed by atoms with Gasteiger partial charge in [-0.25, -0.2) is 0 Å². The number of aryl methyl sites for hydroxylation is 1. The van der Waals surface area contributed by atoms with Crippen LogP contribution in [0, 0.1) is 6.92 Å². The monoisotopic (exact) mass is 542 g/mol. The van der Waals surface area contributed by atoms with Crippen molar-refractivity contribution in [1.82, 2.24) is 9.80 Å². The normalized spacial score (nSPS) is 10.9. The highest BCUT2D eigenvalue weighted by molar-refractivity contribution is 5.85. The Labute approximate surface area is 233 Å². The van der Waals surface area contributed by atoms with Gasteiger partial charge in [0.1, 0.15) is 12.2 Å². The molecule has 0 spiro atoms. The summed E-state index contributed by atoms with van der Waals surface area (Å²) in [5.41, 5.74) is 3.47. The van der Waals surface area contributed by atoms with Gasteiger partial charge in [-0.1, -0.05) is 72.3 Å². The summed E-state index contributed by atoms with van der Waals surface area (Å²) in [6.45, 7) is 2.65. The summed E-state index contributed by atoms with van der Waals surface area (Å²) in [5.74, 6) is -0.623. The lowest BCUT2D eigenvalue weighted by molar-refractivity contribution is -0.144. The number of carbonyl (C=O) groups is 2. The highest BCUT2D eigenvalue weighted by Crippen LogP contribution is 2.16. The van der Waals surface area contributed by atoms with Crippen LogP contribution in [-0.4, -0.2) is 55.0 Å². The first kappa shape index (κ1) is 28.7. The topological polar surface area (TPSA) is 89.3 Å². The van der Waals surface area contributed by atoms with Gasteiger partial charge in [0, 0.05) is 20.2 Å². The van der Waals surface area contributed by atoms with Crippen LogP contribution < -0.4 is 5.43 Å². The molecule has 0 aliphatic rings. The van der Waals surface area contributed by atoms with E-state index in [9.17, 15) is 14.4 Å². The molecular weight excluding hydrogens is 508 g/mol. The van der Waals surface area contributed by atoms with Crippen molar-refractivity contribution < 1.29 is 23.5 Å². The van der Waals surface area contributed by atoms with Gasteiger partial charge < -0.3 is 23.7 Å². The molecule has 0 fully saturated rings. The molecule has 0 bridgehead atoms. The lowest BCUT2D eigenvalue weighted by Gasteiger charge is -2.27. The third-order valence-electron chi connectivity index (χ3n) is 6.51. The minimum atomic E-state index is -0.318. The summed E-state index contributed by atoms with van der Waals surface area (Å²) in [4.78, 5) is 43.0. The zero-order chi connectivity index (χ0) is 28.3. The fourth-order valence-electron chi connectivity index (χ4n) is 4.31. The summed E-state index contributed by atoms with van der Waals surface area (Å²) < 4.78 is 16.5. The van der Waals surface area contributed by atoms with Crippen molar-refractivity contribution in [3.05, 3.63) is 118 Å². The molecule has 0 N–H and O–H groups in total. The first-order valence-electron chi connectivity index (χ1n) is 13.2. The molecule has 8 heteroatoms. The van der Waals surface area contributed by atoms with E-state index in [2.05, 4.69) is 0 Å². The van der Waals surface area contributed by atoms with Gasteiger partial charge in [0.15, 0.2) is 5.43 Å². The van der Waals surface area contributed by atoms with Gasteiger partial charge in [0.2, 0.25) is 11.8 Å². The maximum Gasteiger partial charge on any atom is 0.249 e. The number of carbonyl (C=O) groups excluding carboxylic acids is 2. The van der Waals surface area contributed by atoms with Gasteiger partial charge in [-0.2, -0.15) is 0 Å². The molecule has 2 amide bonds. The Morgan fingerprint density at radius 3 is 2.25 bits per heavy atom. The highest BCUT2D eigenvalue weighted by Gasteiger charge is 2.23. The van der Waals surface area contributed by atoms with Crippen molar-refractivity contribution in [3.8, 4) is 0 Å². The van der Waals surface area contributed by atoms with E-state index in [-0.39, 0.29) is 63.2 Å². The van der Waals surface area contributed by atoms with E-state index in [1.54, 1.807) is 24.1 Å². The van der Waals surface area contributed by atoms with Crippen molar-refractivity contribution in [2.45, 2.75) is 26.6 Å². The van der Waals surface area contributed by atoms with Crippen LogP contribution in [0.1, 0.15) is 22.3 Å². The van der Waals surface area contributed by atoms with E-state index < -0.39 is 0 Å². The van der Waals surface area contributed by atoms with Crippen LogP contribution in [0.4, 0.5) is 0 Å². The number of nitrogens with zero attached hydrogens (tertiary/aromatic N) is 2. The maximum atomic E-state index is 13.7. The van der Waals surface area contributed by atoms with E-state index in [0.717, 1.165) is 16.7 Å². The molecule has 8 nitrogen and oxygen atoms in total. The molecule has 0 atom stereocenters. The predicted molar refractivity (Wildman–Crippen MR) is 152 cm³/mol. The molecule has 3 aromatic carbocycles. The van der Waals surface area contributed by atoms with Gasteiger partial charge in [-0.3, -0.25) is 14.4 Å². The number of methoxy groups -OCH3 is 1. The number of fused-ring (bicyclic) bond motifs is 1. The Bertz CT molecular complexity index is 1470. The molecule has 1 heterocycles. The summed E-state index contributed by atoms with van der Waals surface area (Å²) in [6.07, 6.45) is 1.41. The van der Waals surface area contributed by atoms with Crippen LogP contribution in [-0.2, 0) is 38.8 Å². The molecule has 0 aliphatic carbocycles. The van der Waals surface area contributed by atoms with Crippen molar-refractivity contribution in [1.29, 1.82) is 0 Å². The quantitative estimate of drug-likeness (QED) is 0.250. The smallest absolute Gasteiger partial charge is 0.249 e. The van der Waals surface area contributed by atoms with Crippen LogP contribution in [0.25, 0.3) is 11.0 Å². The molecule has 0 unspecified atom stereocenters. The molecule has 0 aliphatic heterocycles. The lowest BCUT2D eigenvalue weighted by atomic mass is 10.1. The molecule has 208 valence electrons. The zero-order valence-corrected chi connectivity index (χ0v) is 22.9. The van der Waals surface area contributed by atoms with Crippen LogP contribution in [0.2, 0.25) is 0 Å². The Morgan fingerprint density at radius 2 is 1.55 bits per heavy atom. The Kier molecular flexibility index (Phi) is 10.2. The SMILES string of the molecule is COCCN(CC(=O)N(Cc1ccccc1)Cc1coc2ccc(C)cc2c1=O)C(=O)COCc1ccccc1. The number of benzene rings is 3. The predicted octanol–water partition coefficient (Wildman–Crippen LogP) is 4.32. The maximum absolute atomic E-state index is 13.7. The van der Waals surface area contributed by atoms with E-state index in [1.165, 1.54) is 11.2 Å². The molecule has 4 rings (SSSR count). The van der Waals surface area contributed by atoms with Gasteiger partial charge in [-0.05, 0) is 30.2 Å². The summed E-state index contributed by atoms with van der Waals surface area (Å²) in [7, 11) is 1.54. The van der Waals surface area contributed by atoms with Crippen molar-refractivity contribution in [2.24, 2.45) is 0 Å². The van der Waals surface area contributed by atoms with E-state index in [0.29, 0.717) is 16.5 Å². The molecule has 0 saturated heterocycles. The number of amides is 2. The third-order valence-corrected chi connectivity index (χ3v) is 6.51. The standard InChI is InChI=1S/C32H34N2O6/c1-24-13-14-29-28(17-24)32(37)27(22-40-29)19-34(18-25-9-5-3-6-10-25)30(35)20-33(15-16-38-2)31(36)23-39-21-26-11-7-4-8-12-26/h3-14,17,22H,15-16,18-21,23H2,1-2H3. The van der Waals surface area contributed by atoms with Crippen LogP contribution in [0.15, 0.2) is 94.3 Å². The lowest BCUT2D eigenvalue weighted by Crippen LogP contribution is -2.45. The number of ether oxygens (including phenoxy) is 2. The van der Waals surface area contributed by atoms with Gasteiger partial charge in [0.25, 0.3) is 0 Å². The molecule has 0 radical (unpaired) electrons. The average molecular weight is 543 g/mol. The first-order valence-corrected chi connectivity index (χ1v) is 13.2. The summed E-state index contributed by atoms with van der Waals surface area (Å²) in [5, 5.41) is 0.470. The second kappa shape index (κ2) is 14.2. The molecule has 40 heavy (non-hydrogen) atoms. The van der Waals surface area contributed by atoms with Gasteiger partial charge >= 0.3 is 0 Å². The second-order valence-electron chi connectivity index (χ2n) is 9.61. The molecular formula is C32H34N2O6.